The van der Waals surface area contributed by atoms with E-state index in [0.717, 1.165) is 18.8 Å². The van der Waals surface area contributed by atoms with Crippen molar-refractivity contribution in [1.82, 2.24) is 20.0 Å². The number of aryl methyl sites for hydroxylation is 2. The maximum absolute atomic E-state index is 4.60. The van der Waals surface area contributed by atoms with E-state index in [9.17, 15) is 0 Å². The first-order valence-electron chi connectivity index (χ1n) is 7.15. The van der Waals surface area contributed by atoms with Crippen molar-refractivity contribution in [3.05, 3.63) is 17.0 Å². The molecule has 1 aromatic heterocycles. The van der Waals surface area contributed by atoms with Crippen molar-refractivity contribution in [2.75, 3.05) is 20.6 Å². The van der Waals surface area contributed by atoms with Crippen molar-refractivity contribution in [2.45, 2.75) is 59.7 Å². The van der Waals surface area contributed by atoms with Crippen molar-refractivity contribution in [1.29, 1.82) is 0 Å². The third-order valence-electron chi connectivity index (χ3n) is 4.22. The summed E-state index contributed by atoms with van der Waals surface area (Å²) < 4.78 is 2.08. The molecule has 0 fully saturated rings. The molecule has 0 aliphatic carbocycles. The molecule has 1 heterocycles. The molecule has 1 atom stereocenters. The number of likely N-dealkylation sites (N-methyl/N-ethyl adjacent to an activating group) is 1. The first-order chi connectivity index (χ1) is 8.70. The van der Waals surface area contributed by atoms with E-state index < -0.39 is 0 Å². The highest BCUT2D eigenvalue weighted by atomic mass is 15.3. The molecule has 0 saturated carbocycles. The van der Waals surface area contributed by atoms with Crippen LogP contribution in [0.4, 0.5) is 0 Å². The predicted molar refractivity (Wildman–Crippen MR) is 81.6 cm³/mol. The average molecular weight is 266 g/mol. The van der Waals surface area contributed by atoms with Gasteiger partial charge in [-0.1, -0.05) is 0 Å². The van der Waals surface area contributed by atoms with Crippen LogP contribution in [-0.4, -0.2) is 40.9 Å². The quantitative estimate of drug-likeness (QED) is 0.859. The van der Waals surface area contributed by atoms with Gasteiger partial charge in [0, 0.05) is 35.9 Å². The number of hydrogen-bond donors (Lipinski definition) is 1. The van der Waals surface area contributed by atoms with Gasteiger partial charge in [0.15, 0.2) is 0 Å². The van der Waals surface area contributed by atoms with Gasteiger partial charge >= 0.3 is 0 Å². The molecule has 1 N–H and O–H groups in total. The van der Waals surface area contributed by atoms with E-state index in [1.165, 1.54) is 11.3 Å². The molecule has 1 aromatic rings. The van der Waals surface area contributed by atoms with E-state index in [1.807, 2.05) is 0 Å². The minimum atomic E-state index is 0.150. The van der Waals surface area contributed by atoms with Gasteiger partial charge in [0.2, 0.25) is 0 Å². The fourth-order valence-electron chi connectivity index (χ4n) is 2.31. The SMILES string of the molecule is CCn1nc(C)c(C(C)NCC(C)(C)N(C)C)c1C. The summed E-state index contributed by atoms with van der Waals surface area (Å²) in [7, 11) is 4.25. The second kappa shape index (κ2) is 6.06. The van der Waals surface area contributed by atoms with Crippen LogP contribution in [0.25, 0.3) is 0 Å². The van der Waals surface area contributed by atoms with Crippen molar-refractivity contribution in [2.24, 2.45) is 0 Å². The lowest BCUT2D eigenvalue weighted by molar-refractivity contribution is 0.185. The summed E-state index contributed by atoms with van der Waals surface area (Å²) in [5.41, 5.74) is 3.91. The summed E-state index contributed by atoms with van der Waals surface area (Å²) in [5, 5.41) is 8.24. The Morgan fingerprint density at radius 2 is 1.89 bits per heavy atom. The Hall–Kier alpha value is -0.870. The lowest BCUT2D eigenvalue weighted by atomic mass is 10.0. The summed E-state index contributed by atoms with van der Waals surface area (Å²) in [6.07, 6.45) is 0. The average Bonchev–Trinajstić information content (AvgIpc) is 2.61. The normalized spacial score (nSPS) is 14.2. The van der Waals surface area contributed by atoms with Crippen LogP contribution in [0.1, 0.15) is 50.7 Å². The zero-order valence-corrected chi connectivity index (χ0v) is 13.8. The molecule has 19 heavy (non-hydrogen) atoms. The Morgan fingerprint density at radius 3 is 2.32 bits per heavy atom. The van der Waals surface area contributed by atoms with E-state index in [-0.39, 0.29) is 5.54 Å². The van der Waals surface area contributed by atoms with Crippen LogP contribution >= 0.6 is 0 Å². The molecule has 4 nitrogen and oxygen atoms in total. The van der Waals surface area contributed by atoms with Gasteiger partial charge in [0.25, 0.3) is 0 Å². The van der Waals surface area contributed by atoms with Crippen LogP contribution in [0, 0.1) is 13.8 Å². The zero-order chi connectivity index (χ0) is 14.8. The summed E-state index contributed by atoms with van der Waals surface area (Å²) in [4.78, 5) is 2.25. The Labute approximate surface area is 118 Å². The van der Waals surface area contributed by atoms with E-state index in [4.69, 9.17) is 0 Å². The number of hydrogen-bond acceptors (Lipinski definition) is 3. The molecule has 1 unspecified atom stereocenters. The first kappa shape index (κ1) is 16.2. The smallest absolute Gasteiger partial charge is 0.0644 e. The highest BCUT2D eigenvalue weighted by Crippen LogP contribution is 2.22. The van der Waals surface area contributed by atoms with Crippen LogP contribution < -0.4 is 5.32 Å². The molecule has 0 radical (unpaired) electrons. The molecule has 0 aliphatic rings. The van der Waals surface area contributed by atoms with Gasteiger partial charge in [0.1, 0.15) is 0 Å². The van der Waals surface area contributed by atoms with Gasteiger partial charge in [-0.25, -0.2) is 0 Å². The van der Waals surface area contributed by atoms with E-state index in [2.05, 4.69) is 75.6 Å². The van der Waals surface area contributed by atoms with Crippen molar-refractivity contribution < 1.29 is 0 Å². The highest BCUT2D eigenvalue weighted by Gasteiger charge is 2.23. The number of rotatable bonds is 6. The van der Waals surface area contributed by atoms with Gasteiger partial charge < -0.3 is 10.2 Å². The van der Waals surface area contributed by atoms with Gasteiger partial charge in [0.05, 0.1) is 5.69 Å². The summed E-state index contributed by atoms with van der Waals surface area (Å²) >= 11 is 0. The number of aromatic nitrogens is 2. The largest absolute Gasteiger partial charge is 0.308 e. The van der Waals surface area contributed by atoms with Crippen molar-refractivity contribution in [3.63, 3.8) is 0 Å². The second-order valence-corrected chi connectivity index (χ2v) is 6.21. The first-order valence-corrected chi connectivity index (χ1v) is 7.15. The van der Waals surface area contributed by atoms with Crippen molar-refractivity contribution in [3.8, 4) is 0 Å². The number of nitrogens with one attached hydrogen (secondary N) is 1. The molecular weight excluding hydrogens is 236 g/mol. The Bertz CT molecular complexity index is 418. The molecule has 0 bridgehead atoms. The lowest BCUT2D eigenvalue weighted by Crippen LogP contribution is -2.47. The molecule has 4 heteroatoms. The Morgan fingerprint density at radius 1 is 1.32 bits per heavy atom. The molecular formula is C15H30N4. The molecule has 0 spiro atoms. The molecule has 1 rings (SSSR count). The molecule has 110 valence electrons. The van der Waals surface area contributed by atoms with Gasteiger partial charge in [-0.3, -0.25) is 4.68 Å². The summed E-state index contributed by atoms with van der Waals surface area (Å²) in [6.45, 7) is 15.0. The third kappa shape index (κ3) is 3.57. The summed E-state index contributed by atoms with van der Waals surface area (Å²) in [5.74, 6) is 0. The fourth-order valence-corrected chi connectivity index (χ4v) is 2.31. The zero-order valence-electron chi connectivity index (χ0n) is 13.8. The van der Waals surface area contributed by atoms with Gasteiger partial charge in [-0.2, -0.15) is 5.10 Å². The van der Waals surface area contributed by atoms with Crippen LogP contribution in [0.5, 0.6) is 0 Å². The maximum atomic E-state index is 4.60. The monoisotopic (exact) mass is 266 g/mol. The lowest BCUT2D eigenvalue weighted by Gasteiger charge is -2.34. The summed E-state index contributed by atoms with van der Waals surface area (Å²) in [6, 6.07) is 0.333. The third-order valence-corrected chi connectivity index (χ3v) is 4.22. The maximum Gasteiger partial charge on any atom is 0.0644 e. The Balaban J connectivity index is 2.79. The van der Waals surface area contributed by atoms with Gasteiger partial charge in [-0.15, -0.1) is 0 Å². The number of nitrogens with zero attached hydrogens (tertiary/aromatic N) is 3. The minimum Gasteiger partial charge on any atom is -0.308 e. The van der Waals surface area contributed by atoms with Crippen molar-refractivity contribution >= 4 is 0 Å². The standard InChI is InChI=1S/C15H30N4/c1-9-19-13(4)14(12(3)17-19)11(2)16-10-15(5,6)18(7)8/h11,16H,9-10H2,1-8H3. The van der Waals surface area contributed by atoms with Crippen LogP contribution in [0.15, 0.2) is 0 Å². The van der Waals surface area contributed by atoms with E-state index >= 15 is 0 Å². The fraction of sp³-hybridized carbons (Fsp3) is 0.800. The molecule has 0 amide bonds. The van der Waals surface area contributed by atoms with E-state index in [0.29, 0.717) is 6.04 Å². The van der Waals surface area contributed by atoms with Gasteiger partial charge in [-0.05, 0) is 55.6 Å². The Kier molecular flexibility index (Phi) is 5.16. The van der Waals surface area contributed by atoms with E-state index in [1.54, 1.807) is 0 Å². The topological polar surface area (TPSA) is 33.1 Å². The van der Waals surface area contributed by atoms with Crippen LogP contribution in [0.3, 0.4) is 0 Å². The highest BCUT2D eigenvalue weighted by molar-refractivity contribution is 5.27. The van der Waals surface area contributed by atoms with Crippen LogP contribution in [0.2, 0.25) is 0 Å². The minimum absolute atomic E-state index is 0.150. The molecule has 0 aliphatic heterocycles. The second-order valence-electron chi connectivity index (χ2n) is 6.21. The molecule has 0 aromatic carbocycles. The predicted octanol–water partition coefficient (Wildman–Crippen LogP) is 2.51. The van der Waals surface area contributed by atoms with Crippen LogP contribution in [-0.2, 0) is 6.54 Å². The molecule has 0 saturated heterocycles.